The zero-order valence-corrected chi connectivity index (χ0v) is 13.6. The van der Waals surface area contributed by atoms with Crippen LogP contribution in [0.15, 0.2) is 18.3 Å². The Hall–Kier alpha value is -1.43. The molecule has 5 heteroatoms. The van der Waals surface area contributed by atoms with Crippen LogP contribution in [-0.4, -0.2) is 52.3 Å². The van der Waals surface area contributed by atoms with Gasteiger partial charge in [-0.25, -0.2) is 4.98 Å². The van der Waals surface area contributed by atoms with Crippen molar-refractivity contribution in [2.24, 2.45) is 0 Å². The first kappa shape index (κ1) is 15.1. The molecule has 3 N–H and O–H groups in total. The minimum Gasteiger partial charge on any atom is -0.393 e. The summed E-state index contributed by atoms with van der Waals surface area (Å²) in [7, 11) is 0. The molecule has 0 unspecified atom stereocenters. The number of likely N-dealkylation sites (tertiary alicyclic amines) is 1. The minimum absolute atomic E-state index is 0.113. The topological polar surface area (TPSA) is 64.2 Å². The van der Waals surface area contributed by atoms with Gasteiger partial charge in [-0.15, -0.1) is 0 Å². The smallest absolute Gasteiger partial charge is 0.137 e. The van der Waals surface area contributed by atoms with Gasteiger partial charge in [0.1, 0.15) is 5.65 Å². The molecule has 2 aromatic heterocycles. The molecule has 2 aliphatic heterocycles. The molecule has 1 atom stereocenters. The molecule has 0 amide bonds. The first-order valence-corrected chi connectivity index (χ1v) is 8.88. The van der Waals surface area contributed by atoms with Gasteiger partial charge in [0.2, 0.25) is 0 Å². The van der Waals surface area contributed by atoms with E-state index in [-0.39, 0.29) is 6.10 Å². The summed E-state index contributed by atoms with van der Waals surface area (Å²) in [6, 6.07) is 4.22. The van der Waals surface area contributed by atoms with Gasteiger partial charge in [-0.3, -0.25) is 4.90 Å². The Morgan fingerprint density at radius 2 is 2.13 bits per heavy atom. The van der Waals surface area contributed by atoms with Crippen molar-refractivity contribution in [3.05, 3.63) is 29.6 Å². The van der Waals surface area contributed by atoms with Gasteiger partial charge in [0, 0.05) is 49.4 Å². The molecule has 0 radical (unpaired) electrons. The molecule has 124 valence electrons. The number of aromatic amines is 1. The minimum atomic E-state index is -0.113. The van der Waals surface area contributed by atoms with Crippen LogP contribution in [0.5, 0.6) is 0 Å². The molecule has 2 aliphatic rings. The second-order valence-corrected chi connectivity index (χ2v) is 6.97. The van der Waals surface area contributed by atoms with E-state index in [9.17, 15) is 5.11 Å². The molecule has 5 nitrogen and oxygen atoms in total. The summed E-state index contributed by atoms with van der Waals surface area (Å²) in [6.07, 6.45) is 6.01. The number of aliphatic hydroxyl groups excluding tert-OH is 1. The average molecular weight is 314 g/mol. The lowest BCUT2D eigenvalue weighted by molar-refractivity contribution is 0.0792. The normalized spacial score (nSPS) is 24.3. The number of hydrogen-bond donors (Lipinski definition) is 3. The zero-order valence-electron chi connectivity index (χ0n) is 13.6. The van der Waals surface area contributed by atoms with Crippen LogP contribution in [0.25, 0.3) is 11.0 Å². The molecule has 2 saturated heterocycles. The third-order valence-corrected chi connectivity index (χ3v) is 5.35. The second kappa shape index (κ2) is 6.59. The SMILES string of the molecule is OC1CCN(Cc2c([C@H]3CCCNC3)[nH]c3ncccc23)CC1. The fraction of sp³-hybridized carbons (Fsp3) is 0.611. The quantitative estimate of drug-likeness (QED) is 0.811. The summed E-state index contributed by atoms with van der Waals surface area (Å²) < 4.78 is 0. The van der Waals surface area contributed by atoms with Gasteiger partial charge in [0.25, 0.3) is 0 Å². The third-order valence-electron chi connectivity index (χ3n) is 5.35. The van der Waals surface area contributed by atoms with Crippen molar-refractivity contribution in [3.8, 4) is 0 Å². The number of piperidine rings is 2. The number of hydrogen-bond acceptors (Lipinski definition) is 4. The van der Waals surface area contributed by atoms with Gasteiger partial charge in [0.05, 0.1) is 6.10 Å². The Kier molecular flexibility index (Phi) is 4.33. The second-order valence-electron chi connectivity index (χ2n) is 6.97. The van der Waals surface area contributed by atoms with Crippen molar-refractivity contribution in [1.82, 2.24) is 20.2 Å². The molecule has 2 fully saturated rings. The van der Waals surface area contributed by atoms with E-state index in [2.05, 4.69) is 26.3 Å². The van der Waals surface area contributed by atoms with Crippen molar-refractivity contribution in [1.29, 1.82) is 0 Å². The summed E-state index contributed by atoms with van der Waals surface area (Å²) in [5, 5.41) is 14.5. The first-order chi connectivity index (χ1) is 11.3. The summed E-state index contributed by atoms with van der Waals surface area (Å²) in [5.74, 6) is 0.559. The van der Waals surface area contributed by atoms with Gasteiger partial charge in [-0.2, -0.15) is 0 Å². The van der Waals surface area contributed by atoms with E-state index in [0.717, 1.165) is 51.2 Å². The standard InChI is InChI=1S/C18H26N4O/c23-14-5-9-22(10-6-14)12-16-15-4-2-8-20-18(15)21-17(16)13-3-1-7-19-11-13/h2,4,8,13-14,19,23H,1,3,5-7,9-12H2,(H,20,21)/t13-/m0/s1. The van der Waals surface area contributed by atoms with Gasteiger partial charge >= 0.3 is 0 Å². The first-order valence-electron chi connectivity index (χ1n) is 8.88. The van der Waals surface area contributed by atoms with Crippen LogP contribution in [0.4, 0.5) is 0 Å². The number of H-pyrrole nitrogens is 1. The highest BCUT2D eigenvalue weighted by Gasteiger charge is 2.25. The van der Waals surface area contributed by atoms with Crippen LogP contribution < -0.4 is 5.32 Å². The van der Waals surface area contributed by atoms with Crippen molar-refractivity contribution >= 4 is 11.0 Å². The van der Waals surface area contributed by atoms with E-state index in [1.165, 1.54) is 29.5 Å². The van der Waals surface area contributed by atoms with Gasteiger partial charge in [-0.1, -0.05) is 0 Å². The number of aliphatic hydroxyl groups is 1. The molecular formula is C18H26N4O. The summed E-state index contributed by atoms with van der Waals surface area (Å²) in [5.41, 5.74) is 3.80. The maximum absolute atomic E-state index is 9.73. The van der Waals surface area contributed by atoms with E-state index in [1.54, 1.807) is 0 Å². The van der Waals surface area contributed by atoms with Crippen molar-refractivity contribution in [3.63, 3.8) is 0 Å². The lowest BCUT2D eigenvalue weighted by atomic mass is 9.92. The van der Waals surface area contributed by atoms with Crippen molar-refractivity contribution < 1.29 is 5.11 Å². The van der Waals surface area contributed by atoms with Crippen LogP contribution in [0.1, 0.15) is 42.9 Å². The van der Waals surface area contributed by atoms with Crippen LogP contribution in [0, 0.1) is 0 Å². The molecule has 0 bridgehead atoms. The Bertz CT molecular complexity index is 654. The maximum atomic E-state index is 9.73. The van der Waals surface area contributed by atoms with Gasteiger partial charge in [-0.05, 0) is 49.9 Å². The molecule has 23 heavy (non-hydrogen) atoms. The van der Waals surface area contributed by atoms with Crippen molar-refractivity contribution in [2.45, 2.75) is 44.2 Å². The van der Waals surface area contributed by atoms with E-state index in [1.807, 2.05) is 12.3 Å². The predicted octanol–water partition coefficient (Wildman–Crippen LogP) is 1.99. The van der Waals surface area contributed by atoms with Crippen LogP contribution in [0.3, 0.4) is 0 Å². The third kappa shape index (κ3) is 3.13. The number of rotatable bonds is 3. The number of fused-ring (bicyclic) bond motifs is 1. The fourth-order valence-electron chi connectivity index (χ4n) is 4.01. The van der Waals surface area contributed by atoms with E-state index < -0.39 is 0 Å². The summed E-state index contributed by atoms with van der Waals surface area (Å²) in [6.45, 7) is 5.12. The highest BCUT2D eigenvalue weighted by Crippen LogP contribution is 2.32. The highest BCUT2D eigenvalue weighted by molar-refractivity contribution is 5.81. The molecule has 0 aliphatic carbocycles. The average Bonchev–Trinajstić information content (AvgIpc) is 2.96. The Morgan fingerprint density at radius 1 is 1.26 bits per heavy atom. The van der Waals surface area contributed by atoms with E-state index in [4.69, 9.17) is 0 Å². The molecule has 0 saturated carbocycles. The summed E-state index contributed by atoms with van der Waals surface area (Å²) in [4.78, 5) is 10.6. The molecular weight excluding hydrogens is 288 g/mol. The largest absolute Gasteiger partial charge is 0.393 e. The number of nitrogens with one attached hydrogen (secondary N) is 2. The molecule has 4 heterocycles. The predicted molar refractivity (Wildman–Crippen MR) is 91.5 cm³/mol. The Labute approximate surface area is 137 Å². The highest BCUT2D eigenvalue weighted by atomic mass is 16.3. The maximum Gasteiger partial charge on any atom is 0.137 e. The zero-order chi connectivity index (χ0) is 15.6. The molecule has 0 spiro atoms. The Morgan fingerprint density at radius 3 is 2.91 bits per heavy atom. The van der Waals surface area contributed by atoms with E-state index >= 15 is 0 Å². The lowest BCUT2D eigenvalue weighted by Gasteiger charge is -2.30. The van der Waals surface area contributed by atoms with Gasteiger partial charge in [0.15, 0.2) is 0 Å². The van der Waals surface area contributed by atoms with E-state index in [0.29, 0.717) is 5.92 Å². The van der Waals surface area contributed by atoms with Crippen LogP contribution in [0.2, 0.25) is 0 Å². The van der Waals surface area contributed by atoms with Gasteiger partial charge < -0.3 is 15.4 Å². The molecule has 0 aromatic carbocycles. The lowest BCUT2D eigenvalue weighted by Crippen LogP contribution is -2.36. The van der Waals surface area contributed by atoms with Crippen LogP contribution >= 0.6 is 0 Å². The van der Waals surface area contributed by atoms with Crippen molar-refractivity contribution in [2.75, 3.05) is 26.2 Å². The number of nitrogens with zero attached hydrogens (tertiary/aromatic N) is 2. The summed E-state index contributed by atoms with van der Waals surface area (Å²) >= 11 is 0. The fourth-order valence-corrected chi connectivity index (χ4v) is 4.01. The Balaban J connectivity index is 1.65. The number of pyridine rings is 1. The monoisotopic (exact) mass is 314 g/mol. The van der Waals surface area contributed by atoms with Crippen LogP contribution in [-0.2, 0) is 6.54 Å². The molecule has 4 rings (SSSR count). The number of aromatic nitrogens is 2. The molecule has 2 aromatic rings.